The molecule has 5 heteroatoms. The lowest BCUT2D eigenvalue weighted by Gasteiger charge is -2.04. The van der Waals surface area contributed by atoms with Crippen molar-refractivity contribution >= 4 is 22.9 Å². The van der Waals surface area contributed by atoms with Gasteiger partial charge in [-0.2, -0.15) is 0 Å². The maximum atomic E-state index is 11.9. The van der Waals surface area contributed by atoms with E-state index in [2.05, 4.69) is 15.3 Å². The molecular formula is C16H13N3OS. The second kappa shape index (κ2) is 5.85. The molecule has 0 aliphatic carbocycles. The first-order chi connectivity index (χ1) is 10.2. The predicted molar refractivity (Wildman–Crippen MR) is 84.5 cm³/mol. The van der Waals surface area contributed by atoms with Crippen LogP contribution in [0.2, 0.25) is 0 Å². The number of carbonyl (C=O) groups excluding carboxylic acids is 1. The molecule has 0 saturated carbocycles. The fourth-order valence-electron chi connectivity index (χ4n) is 1.84. The Morgan fingerprint density at radius 1 is 1.10 bits per heavy atom. The number of anilines is 1. The molecule has 0 saturated heterocycles. The average molecular weight is 295 g/mol. The molecule has 0 spiro atoms. The summed E-state index contributed by atoms with van der Waals surface area (Å²) in [5.74, 6) is 0.501. The number of nitrogens with one attached hydrogen (secondary N) is 1. The maximum Gasteiger partial charge on any atom is 0.265 e. The molecule has 0 aliphatic rings. The molecule has 0 aliphatic heterocycles. The van der Waals surface area contributed by atoms with Crippen LogP contribution in [0.15, 0.2) is 54.2 Å². The van der Waals surface area contributed by atoms with Crippen LogP contribution in [0.5, 0.6) is 0 Å². The van der Waals surface area contributed by atoms with E-state index in [0.717, 1.165) is 5.56 Å². The Morgan fingerprint density at radius 3 is 2.43 bits per heavy atom. The van der Waals surface area contributed by atoms with Crippen LogP contribution in [0.1, 0.15) is 15.2 Å². The van der Waals surface area contributed by atoms with Crippen molar-refractivity contribution in [2.45, 2.75) is 6.92 Å². The smallest absolute Gasteiger partial charge is 0.265 e. The van der Waals surface area contributed by atoms with Gasteiger partial charge in [0.05, 0.1) is 23.0 Å². The zero-order valence-electron chi connectivity index (χ0n) is 11.4. The zero-order chi connectivity index (χ0) is 14.7. The van der Waals surface area contributed by atoms with Gasteiger partial charge < -0.3 is 5.32 Å². The SMILES string of the molecule is Cc1ccc(-c2ncc(NC(=O)c3cccs3)cn2)cc1. The van der Waals surface area contributed by atoms with E-state index in [1.807, 2.05) is 42.6 Å². The minimum Gasteiger partial charge on any atom is -0.319 e. The van der Waals surface area contributed by atoms with E-state index in [-0.39, 0.29) is 5.91 Å². The van der Waals surface area contributed by atoms with E-state index < -0.39 is 0 Å². The summed E-state index contributed by atoms with van der Waals surface area (Å²) >= 11 is 1.40. The van der Waals surface area contributed by atoms with E-state index in [1.165, 1.54) is 16.9 Å². The monoisotopic (exact) mass is 295 g/mol. The highest BCUT2D eigenvalue weighted by Gasteiger charge is 2.07. The molecule has 0 atom stereocenters. The topological polar surface area (TPSA) is 54.9 Å². The van der Waals surface area contributed by atoms with Crippen molar-refractivity contribution in [3.05, 3.63) is 64.6 Å². The lowest BCUT2D eigenvalue weighted by Crippen LogP contribution is -2.10. The summed E-state index contributed by atoms with van der Waals surface area (Å²) in [5.41, 5.74) is 2.74. The highest BCUT2D eigenvalue weighted by Crippen LogP contribution is 2.17. The van der Waals surface area contributed by atoms with Gasteiger partial charge >= 0.3 is 0 Å². The third-order valence-corrected chi connectivity index (χ3v) is 3.83. The van der Waals surface area contributed by atoms with Crippen LogP contribution in [0, 0.1) is 6.92 Å². The van der Waals surface area contributed by atoms with Gasteiger partial charge in [0.15, 0.2) is 5.82 Å². The molecule has 21 heavy (non-hydrogen) atoms. The minimum atomic E-state index is -0.142. The fraction of sp³-hybridized carbons (Fsp3) is 0.0625. The molecule has 1 amide bonds. The van der Waals surface area contributed by atoms with Gasteiger partial charge in [-0.1, -0.05) is 35.9 Å². The average Bonchev–Trinajstić information content (AvgIpc) is 3.03. The molecule has 0 unspecified atom stereocenters. The van der Waals surface area contributed by atoms with Gasteiger partial charge in [0.2, 0.25) is 0 Å². The summed E-state index contributed by atoms with van der Waals surface area (Å²) in [6, 6.07) is 11.6. The minimum absolute atomic E-state index is 0.142. The van der Waals surface area contributed by atoms with Crippen molar-refractivity contribution in [3.63, 3.8) is 0 Å². The molecule has 3 aromatic rings. The Morgan fingerprint density at radius 2 is 1.81 bits per heavy atom. The van der Waals surface area contributed by atoms with Crippen LogP contribution in [0.25, 0.3) is 11.4 Å². The second-order valence-electron chi connectivity index (χ2n) is 4.59. The highest BCUT2D eigenvalue weighted by molar-refractivity contribution is 7.12. The molecule has 0 radical (unpaired) electrons. The molecule has 0 fully saturated rings. The molecule has 1 aromatic carbocycles. The van der Waals surface area contributed by atoms with E-state index in [4.69, 9.17) is 0 Å². The number of hydrogen-bond acceptors (Lipinski definition) is 4. The Hall–Kier alpha value is -2.53. The first-order valence-corrected chi connectivity index (χ1v) is 7.34. The highest BCUT2D eigenvalue weighted by atomic mass is 32.1. The van der Waals surface area contributed by atoms with E-state index >= 15 is 0 Å². The maximum absolute atomic E-state index is 11.9. The standard InChI is InChI=1S/C16H13N3OS/c1-11-4-6-12(7-5-11)15-17-9-13(10-18-15)19-16(20)14-3-2-8-21-14/h2-10H,1H3,(H,19,20). The third kappa shape index (κ3) is 3.14. The van der Waals surface area contributed by atoms with Crippen LogP contribution in [-0.2, 0) is 0 Å². The zero-order valence-corrected chi connectivity index (χ0v) is 12.2. The number of aryl methyl sites for hydroxylation is 1. The number of hydrogen-bond donors (Lipinski definition) is 1. The Kier molecular flexibility index (Phi) is 3.75. The molecule has 0 bridgehead atoms. The number of carbonyl (C=O) groups is 1. The van der Waals surface area contributed by atoms with Crippen molar-refractivity contribution < 1.29 is 4.79 Å². The van der Waals surface area contributed by atoms with Crippen LogP contribution < -0.4 is 5.32 Å². The molecule has 4 nitrogen and oxygen atoms in total. The Balaban J connectivity index is 1.75. The van der Waals surface area contributed by atoms with Crippen LogP contribution >= 0.6 is 11.3 Å². The summed E-state index contributed by atoms with van der Waals surface area (Å²) in [5, 5.41) is 4.65. The Labute approximate surface area is 126 Å². The predicted octanol–water partition coefficient (Wildman–Crippen LogP) is 3.77. The molecule has 104 valence electrons. The first-order valence-electron chi connectivity index (χ1n) is 6.46. The van der Waals surface area contributed by atoms with Crippen LogP contribution in [-0.4, -0.2) is 15.9 Å². The van der Waals surface area contributed by atoms with Crippen molar-refractivity contribution in [1.82, 2.24) is 9.97 Å². The van der Waals surface area contributed by atoms with Gasteiger partial charge in [-0.3, -0.25) is 4.79 Å². The summed E-state index contributed by atoms with van der Waals surface area (Å²) < 4.78 is 0. The third-order valence-electron chi connectivity index (χ3n) is 2.96. The summed E-state index contributed by atoms with van der Waals surface area (Å²) in [6.45, 7) is 2.04. The number of benzene rings is 1. The van der Waals surface area contributed by atoms with Gasteiger partial charge in [-0.05, 0) is 18.4 Å². The fourth-order valence-corrected chi connectivity index (χ4v) is 2.46. The number of thiophene rings is 1. The van der Waals surface area contributed by atoms with Crippen molar-refractivity contribution in [2.75, 3.05) is 5.32 Å². The van der Waals surface area contributed by atoms with Gasteiger partial charge in [0.25, 0.3) is 5.91 Å². The largest absolute Gasteiger partial charge is 0.319 e. The van der Waals surface area contributed by atoms with Gasteiger partial charge in [-0.25, -0.2) is 9.97 Å². The summed E-state index contributed by atoms with van der Waals surface area (Å²) in [6.07, 6.45) is 3.24. The van der Waals surface area contributed by atoms with E-state index in [1.54, 1.807) is 18.5 Å². The van der Waals surface area contributed by atoms with Gasteiger partial charge in [0, 0.05) is 5.56 Å². The number of amides is 1. The normalized spacial score (nSPS) is 10.3. The summed E-state index contributed by atoms with van der Waals surface area (Å²) in [7, 11) is 0. The van der Waals surface area contributed by atoms with Crippen LogP contribution in [0.3, 0.4) is 0 Å². The molecular weight excluding hydrogens is 282 g/mol. The second-order valence-corrected chi connectivity index (χ2v) is 5.54. The van der Waals surface area contributed by atoms with Gasteiger partial charge in [0.1, 0.15) is 0 Å². The molecule has 2 heterocycles. The molecule has 3 rings (SSSR count). The summed E-state index contributed by atoms with van der Waals surface area (Å²) in [4.78, 5) is 21.2. The van der Waals surface area contributed by atoms with Crippen LogP contribution in [0.4, 0.5) is 5.69 Å². The quantitative estimate of drug-likeness (QED) is 0.800. The van der Waals surface area contributed by atoms with Crippen molar-refractivity contribution in [1.29, 1.82) is 0 Å². The Bertz CT molecular complexity index is 734. The number of nitrogens with zero attached hydrogens (tertiary/aromatic N) is 2. The van der Waals surface area contributed by atoms with Crippen molar-refractivity contribution in [3.8, 4) is 11.4 Å². The van der Waals surface area contributed by atoms with Gasteiger partial charge in [-0.15, -0.1) is 11.3 Å². The number of rotatable bonds is 3. The van der Waals surface area contributed by atoms with E-state index in [0.29, 0.717) is 16.4 Å². The molecule has 1 N–H and O–H groups in total. The van der Waals surface area contributed by atoms with Crippen molar-refractivity contribution in [2.24, 2.45) is 0 Å². The lowest BCUT2D eigenvalue weighted by atomic mass is 10.1. The first kappa shape index (κ1) is 13.5. The molecule has 2 aromatic heterocycles. The number of aromatic nitrogens is 2. The lowest BCUT2D eigenvalue weighted by molar-refractivity contribution is 0.103. The van der Waals surface area contributed by atoms with E-state index in [9.17, 15) is 4.79 Å².